The van der Waals surface area contributed by atoms with Gasteiger partial charge in [0.25, 0.3) is 0 Å². The summed E-state index contributed by atoms with van der Waals surface area (Å²) in [5.41, 5.74) is 2.38. The van der Waals surface area contributed by atoms with Crippen molar-refractivity contribution in [1.82, 2.24) is 5.32 Å². The zero-order valence-corrected chi connectivity index (χ0v) is 15.4. The van der Waals surface area contributed by atoms with Crippen LogP contribution >= 0.6 is 35.3 Å². The number of hydrogen-bond acceptors (Lipinski definition) is 3. The molecule has 2 N–H and O–H groups in total. The molecule has 0 saturated heterocycles. The summed E-state index contributed by atoms with van der Waals surface area (Å²) in [6.45, 7) is 5.27. The highest BCUT2D eigenvalue weighted by atomic mass is 32.2. The van der Waals surface area contributed by atoms with Gasteiger partial charge in [0.15, 0.2) is 5.11 Å². The molecule has 1 heterocycles. The summed E-state index contributed by atoms with van der Waals surface area (Å²) in [4.78, 5) is 1.43. The summed E-state index contributed by atoms with van der Waals surface area (Å²) in [7, 11) is 0. The minimum Gasteiger partial charge on any atom is -0.362 e. The van der Waals surface area contributed by atoms with Crippen molar-refractivity contribution in [3.8, 4) is 0 Å². The van der Waals surface area contributed by atoms with Gasteiger partial charge in [0, 0.05) is 28.6 Å². The third kappa shape index (κ3) is 5.99. The van der Waals surface area contributed by atoms with Crippen molar-refractivity contribution < 1.29 is 0 Å². The summed E-state index contributed by atoms with van der Waals surface area (Å²) >= 11 is 9.06. The van der Waals surface area contributed by atoms with E-state index in [1.165, 1.54) is 10.4 Å². The molecule has 1 aromatic heterocycles. The molecule has 0 fully saturated rings. The lowest BCUT2D eigenvalue weighted by atomic mass is 10.0. The van der Waals surface area contributed by atoms with E-state index in [0.717, 1.165) is 23.7 Å². The number of rotatable bonds is 7. The first kappa shape index (κ1) is 17.3. The number of hydrogen-bond donors (Lipinski definition) is 2. The van der Waals surface area contributed by atoms with Crippen molar-refractivity contribution in [3.05, 3.63) is 52.2 Å². The number of benzene rings is 1. The Bertz CT molecular complexity index is 562. The van der Waals surface area contributed by atoms with E-state index in [1.807, 2.05) is 23.1 Å². The van der Waals surface area contributed by atoms with Gasteiger partial charge in [-0.25, -0.2) is 0 Å². The van der Waals surface area contributed by atoms with Gasteiger partial charge in [0.05, 0.1) is 0 Å². The van der Waals surface area contributed by atoms with Crippen molar-refractivity contribution in [2.75, 3.05) is 17.6 Å². The van der Waals surface area contributed by atoms with Crippen molar-refractivity contribution in [3.63, 3.8) is 0 Å². The van der Waals surface area contributed by atoms with Gasteiger partial charge in [-0.1, -0.05) is 32.0 Å². The molecule has 0 atom stereocenters. The number of thioether (sulfide) groups is 1. The minimum atomic E-state index is 0.555. The molecule has 0 radical (unpaired) electrons. The lowest BCUT2D eigenvalue weighted by Gasteiger charge is -2.11. The monoisotopic (exact) mass is 350 g/mol. The molecule has 1 aromatic carbocycles. The van der Waals surface area contributed by atoms with E-state index < -0.39 is 0 Å². The molecule has 0 aliphatic heterocycles. The topological polar surface area (TPSA) is 24.1 Å². The number of thiocarbonyl (C=S) groups is 1. The highest BCUT2D eigenvalue weighted by Crippen LogP contribution is 2.17. The van der Waals surface area contributed by atoms with Crippen LogP contribution in [0.15, 0.2) is 41.8 Å². The molecule has 22 heavy (non-hydrogen) atoms. The third-order valence-corrected chi connectivity index (χ3v) is 5.51. The number of thiophene rings is 1. The maximum absolute atomic E-state index is 5.32. The van der Waals surface area contributed by atoms with Gasteiger partial charge in [-0.05, 0) is 47.3 Å². The molecule has 0 spiro atoms. The van der Waals surface area contributed by atoms with Crippen LogP contribution < -0.4 is 10.6 Å². The first-order valence-electron chi connectivity index (χ1n) is 7.40. The van der Waals surface area contributed by atoms with Gasteiger partial charge in [0.2, 0.25) is 0 Å². The molecule has 2 rings (SSSR count). The van der Waals surface area contributed by atoms with E-state index in [0.29, 0.717) is 11.0 Å². The van der Waals surface area contributed by atoms with Crippen LogP contribution in [0.5, 0.6) is 0 Å². The maximum Gasteiger partial charge on any atom is 0.170 e. The molecular formula is C17H22N2S3. The first-order valence-corrected chi connectivity index (χ1v) is 9.84. The first-order chi connectivity index (χ1) is 10.6. The second-order valence-electron chi connectivity index (χ2n) is 5.29. The average Bonchev–Trinajstić information content (AvgIpc) is 3.00. The van der Waals surface area contributed by atoms with Gasteiger partial charge in [-0.2, -0.15) is 11.8 Å². The minimum absolute atomic E-state index is 0.555. The summed E-state index contributed by atoms with van der Waals surface area (Å²) in [6, 6.07) is 12.7. The van der Waals surface area contributed by atoms with Crippen LogP contribution in [0.25, 0.3) is 0 Å². The van der Waals surface area contributed by atoms with Crippen LogP contribution in [0.1, 0.15) is 30.2 Å². The van der Waals surface area contributed by atoms with Crippen LogP contribution in [0, 0.1) is 0 Å². The van der Waals surface area contributed by atoms with Crippen molar-refractivity contribution in [1.29, 1.82) is 0 Å². The molecular weight excluding hydrogens is 328 g/mol. The SMILES string of the molecule is CC(C)c1ccc(NC(=S)NCCSCc2cccs2)cc1. The Morgan fingerprint density at radius 3 is 2.64 bits per heavy atom. The van der Waals surface area contributed by atoms with Gasteiger partial charge in [-0.15, -0.1) is 11.3 Å². The fourth-order valence-corrected chi connectivity index (χ4v) is 3.85. The van der Waals surface area contributed by atoms with E-state index in [4.69, 9.17) is 12.2 Å². The number of nitrogens with one attached hydrogen (secondary N) is 2. The lowest BCUT2D eigenvalue weighted by molar-refractivity contribution is 0.867. The highest BCUT2D eigenvalue weighted by molar-refractivity contribution is 7.98. The Kier molecular flexibility index (Phi) is 7.22. The Morgan fingerprint density at radius 1 is 1.23 bits per heavy atom. The Hall–Kier alpha value is -1.04. The Morgan fingerprint density at radius 2 is 2.00 bits per heavy atom. The van der Waals surface area contributed by atoms with Crippen LogP contribution in [-0.4, -0.2) is 17.4 Å². The van der Waals surface area contributed by atoms with E-state index >= 15 is 0 Å². The van der Waals surface area contributed by atoms with Gasteiger partial charge < -0.3 is 10.6 Å². The molecule has 0 aliphatic rings. The van der Waals surface area contributed by atoms with Crippen LogP contribution in [0.3, 0.4) is 0 Å². The standard InChI is InChI=1S/C17H22N2S3/c1-13(2)14-5-7-15(8-6-14)19-17(20)18-9-11-21-12-16-4-3-10-22-16/h3-8,10,13H,9,11-12H2,1-2H3,(H2,18,19,20). The maximum atomic E-state index is 5.32. The molecule has 0 unspecified atom stereocenters. The smallest absolute Gasteiger partial charge is 0.170 e. The van der Waals surface area contributed by atoms with E-state index in [1.54, 1.807) is 0 Å². The summed E-state index contributed by atoms with van der Waals surface area (Å²) in [6.07, 6.45) is 0. The van der Waals surface area contributed by atoms with Crippen molar-refractivity contribution in [2.45, 2.75) is 25.5 Å². The third-order valence-electron chi connectivity index (χ3n) is 3.19. The van der Waals surface area contributed by atoms with E-state index in [2.05, 4.69) is 66.3 Å². The molecule has 5 heteroatoms. The summed E-state index contributed by atoms with van der Waals surface area (Å²) in [5.74, 6) is 2.68. The second-order valence-corrected chi connectivity index (χ2v) is 7.84. The van der Waals surface area contributed by atoms with E-state index in [-0.39, 0.29) is 0 Å². The molecule has 2 nitrogen and oxygen atoms in total. The fourth-order valence-electron chi connectivity index (χ4n) is 1.93. The van der Waals surface area contributed by atoms with Gasteiger partial charge in [-0.3, -0.25) is 0 Å². The van der Waals surface area contributed by atoms with Crippen molar-refractivity contribution in [2.24, 2.45) is 0 Å². The summed E-state index contributed by atoms with van der Waals surface area (Å²) < 4.78 is 0. The quantitative estimate of drug-likeness (QED) is 0.536. The molecule has 0 amide bonds. The normalized spacial score (nSPS) is 10.7. The molecule has 2 aromatic rings. The average molecular weight is 351 g/mol. The largest absolute Gasteiger partial charge is 0.362 e. The predicted molar refractivity (Wildman–Crippen MR) is 105 cm³/mol. The Labute approximate surface area is 146 Å². The zero-order chi connectivity index (χ0) is 15.8. The summed E-state index contributed by atoms with van der Waals surface area (Å²) in [5, 5.41) is 9.29. The fraction of sp³-hybridized carbons (Fsp3) is 0.353. The van der Waals surface area contributed by atoms with Crippen molar-refractivity contribution >= 4 is 46.1 Å². The van der Waals surface area contributed by atoms with Gasteiger partial charge >= 0.3 is 0 Å². The van der Waals surface area contributed by atoms with Crippen LogP contribution in [0.4, 0.5) is 5.69 Å². The van der Waals surface area contributed by atoms with Gasteiger partial charge in [0.1, 0.15) is 0 Å². The molecule has 0 aliphatic carbocycles. The molecule has 0 bridgehead atoms. The zero-order valence-electron chi connectivity index (χ0n) is 13.0. The second kappa shape index (κ2) is 9.18. The van der Waals surface area contributed by atoms with Crippen LogP contribution in [0.2, 0.25) is 0 Å². The Balaban J connectivity index is 1.63. The molecule has 0 saturated carbocycles. The van der Waals surface area contributed by atoms with E-state index in [9.17, 15) is 0 Å². The predicted octanol–water partition coefficient (Wildman–Crippen LogP) is 5.09. The highest BCUT2D eigenvalue weighted by Gasteiger charge is 2.01. The lowest BCUT2D eigenvalue weighted by Crippen LogP contribution is -2.30. The molecule has 118 valence electrons. The number of anilines is 1. The van der Waals surface area contributed by atoms with Crippen LogP contribution in [-0.2, 0) is 5.75 Å².